The summed E-state index contributed by atoms with van der Waals surface area (Å²) in [6.45, 7) is 7.03. The van der Waals surface area contributed by atoms with Crippen molar-refractivity contribution in [2.24, 2.45) is 5.10 Å². The van der Waals surface area contributed by atoms with Crippen LogP contribution in [0.3, 0.4) is 0 Å². The second-order valence-corrected chi connectivity index (χ2v) is 5.54. The highest BCUT2D eigenvalue weighted by molar-refractivity contribution is 5.79. The number of alkyl halides is 3. The summed E-state index contributed by atoms with van der Waals surface area (Å²) in [7, 11) is 0. The van der Waals surface area contributed by atoms with Gasteiger partial charge in [-0.2, -0.15) is 18.3 Å². The Morgan fingerprint density at radius 2 is 1.59 bits per heavy atom. The molecule has 0 radical (unpaired) electrons. The van der Waals surface area contributed by atoms with Crippen molar-refractivity contribution >= 4 is 11.9 Å². The first-order valence-corrected chi connectivity index (χ1v) is 7.81. The topological polar surface area (TPSA) is 38.7 Å². The Balaban J connectivity index is 2.29. The molecule has 0 fully saturated rings. The van der Waals surface area contributed by atoms with Crippen LogP contribution < -0.4 is 5.56 Å². The molecule has 0 atom stereocenters. The van der Waals surface area contributed by atoms with Crippen molar-refractivity contribution in [3.63, 3.8) is 0 Å². The Morgan fingerprint density at radius 3 is 2.15 bits per heavy atom. The first-order valence-electron chi connectivity index (χ1n) is 7.81. The van der Waals surface area contributed by atoms with E-state index in [1.54, 1.807) is 60.7 Å². The van der Waals surface area contributed by atoms with E-state index in [0.29, 0.717) is 11.1 Å². The molecule has 7 heteroatoms. The van der Waals surface area contributed by atoms with Crippen molar-refractivity contribution in [2.45, 2.75) is 6.18 Å². The normalized spacial score (nSPS) is 11.5. The van der Waals surface area contributed by atoms with Gasteiger partial charge in [-0.25, -0.2) is 9.52 Å². The zero-order valence-corrected chi connectivity index (χ0v) is 13.8. The first-order chi connectivity index (χ1) is 12.9. The summed E-state index contributed by atoms with van der Waals surface area (Å²) in [5.41, 5.74) is -2.41. The minimum absolute atomic E-state index is 0.0486. The Labute approximate surface area is 152 Å². The molecule has 0 spiro atoms. The molecule has 0 aliphatic heterocycles. The van der Waals surface area contributed by atoms with Crippen LogP contribution in [0.25, 0.3) is 16.1 Å². The van der Waals surface area contributed by atoms with E-state index in [2.05, 4.69) is 9.95 Å². The van der Waals surface area contributed by atoms with E-state index in [9.17, 15) is 18.0 Å². The Morgan fingerprint density at radius 1 is 1.00 bits per heavy atom. The molecular formula is C20H12F3N3O. The fourth-order valence-electron chi connectivity index (χ4n) is 2.51. The molecule has 0 unspecified atom stereocenters. The lowest BCUT2D eigenvalue weighted by molar-refractivity contribution is -0.136. The molecule has 27 heavy (non-hydrogen) atoms. The summed E-state index contributed by atoms with van der Waals surface area (Å²) in [6.07, 6.45) is -3.47. The van der Waals surface area contributed by atoms with E-state index in [4.69, 9.17) is 6.57 Å². The minimum atomic E-state index is -4.83. The highest BCUT2D eigenvalue weighted by Gasteiger charge is 2.36. The molecule has 0 N–H and O–H groups in total. The molecule has 0 aliphatic carbocycles. The van der Waals surface area contributed by atoms with Gasteiger partial charge in [0.2, 0.25) is 0 Å². The number of benzene rings is 2. The molecule has 1 aromatic heterocycles. The second-order valence-electron chi connectivity index (χ2n) is 5.54. The zero-order valence-electron chi connectivity index (χ0n) is 13.8. The number of halogens is 3. The summed E-state index contributed by atoms with van der Waals surface area (Å²) in [5, 5.41) is 4.05. The van der Waals surface area contributed by atoms with Crippen molar-refractivity contribution < 1.29 is 13.2 Å². The molecule has 0 aliphatic rings. The number of hydrogen-bond donors (Lipinski definition) is 0. The fourth-order valence-corrected chi connectivity index (χ4v) is 2.51. The molecular weight excluding hydrogens is 355 g/mol. The molecule has 3 aromatic rings. The van der Waals surface area contributed by atoms with Crippen LogP contribution in [0.5, 0.6) is 0 Å². The standard InChI is InChI=1S/C20H12F3N3O/c1-24-18-16(20(21,22)23)12-17(15-10-6-3-7-11-15)26(19(18)27)25-13-14-8-4-2-5-9-14/h2-13H/b25-13+. The SMILES string of the molecule is [C-]#[N+]c1c(C(F)(F)F)cc(-c2ccccc2)n(/N=C/c2ccccc2)c1=O. The summed E-state index contributed by atoms with van der Waals surface area (Å²) in [6, 6.07) is 17.7. The minimum Gasteiger partial charge on any atom is -0.281 e. The van der Waals surface area contributed by atoms with Crippen LogP contribution in [-0.2, 0) is 6.18 Å². The maximum absolute atomic E-state index is 13.4. The van der Waals surface area contributed by atoms with Crippen molar-refractivity contribution in [1.29, 1.82) is 0 Å². The smallest absolute Gasteiger partial charge is 0.281 e. The average molecular weight is 367 g/mol. The molecule has 1 heterocycles. The van der Waals surface area contributed by atoms with Crippen LogP contribution in [0.2, 0.25) is 0 Å². The van der Waals surface area contributed by atoms with E-state index >= 15 is 0 Å². The van der Waals surface area contributed by atoms with Crippen molar-refractivity contribution in [2.75, 3.05) is 0 Å². The lowest BCUT2D eigenvalue weighted by Gasteiger charge is -2.14. The van der Waals surface area contributed by atoms with E-state index < -0.39 is 23.0 Å². The largest absolute Gasteiger partial charge is 0.407 e. The van der Waals surface area contributed by atoms with Gasteiger partial charge >= 0.3 is 6.18 Å². The van der Waals surface area contributed by atoms with Gasteiger partial charge in [-0.15, -0.1) is 0 Å². The number of hydrogen-bond acceptors (Lipinski definition) is 2. The van der Waals surface area contributed by atoms with Crippen LogP contribution in [-0.4, -0.2) is 10.9 Å². The van der Waals surface area contributed by atoms with Crippen LogP contribution >= 0.6 is 0 Å². The number of nitrogens with zero attached hydrogens (tertiary/aromatic N) is 3. The van der Waals surface area contributed by atoms with Gasteiger partial charge in [0.15, 0.2) is 0 Å². The summed E-state index contributed by atoms with van der Waals surface area (Å²) in [5.74, 6) is 0. The number of pyridine rings is 1. The van der Waals surface area contributed by atoms with Crippen LogP contribution in [0, 0.1) is 6.57 Å². The molecule has 3 rings (SSSR count). The van der Waals surface area contributed by atoms with Crippen molar-refractivity contribution in [1.82, 2.24) is 4.68 Å². The van der Waals surface area contributed by atoms with Gasteiger partial charge in [0, 0.05) is 5.56 Å². The fraction of sp³-hybridized carbons (Fsp3) is 0.0500. The quantitative estimate of drug-likeness (QED) is 0.476. The van der Waals surface area contributed by atoms with E-state index in [0.717, 1.165) is 10.7 Å². The van der Waals surface area contributed by atoms with Gasteiger partial charge in [0.25, 0.3) is 11.2 Å². The van der Waals surface area contributed by atoms with E-state index in [1.165, 1.54) is 6.21 Å². The Bertz CT molecular complexity index is 1080. The highest BCUT2D eigenvalue weighted by atomic mass is 19.4. The lowest BCUT2D eigenvalue weighted by atomic mass is 10.1. The summed E-state index contributed by atoms with van der Waals surface area (Å²) >= 11 is 0. The van der Waals surface area contributed by atoms with Gasteiger partial charge in [-0.3, -0.25) is 4.79 Å². The predicted octanol–water partition coefficient (Wildman–Crippen LogP) is 4.97. The molecule has 0 bridgehead atoms. The Hall–Kier alpha value is -3.66. The zero-order chi connectivity index (χ0) is 19.4. The summed E-state index contributed by atoms with van der Waals surface area (Å²) in [4.78, 5) is 15.4. The number of rotatable bonds is 3. The molecule has 0 saturated carbocycles. The van der Waals surface area contributed by atoms with Crippen molar-refractivity contribution in [3.05, 3.63) is 99.6 Å². The van der Waals surface area contributed by atoms with Gasteiger partial charge in [0.05, 0.1) is 24.0 Å². The molecule has 0 saturated heterocycles. The molecule has 0 amide bonds. The highest BCUT2D eigenvalue weighted by Crippen LogP contribution is 2.36. The maximum atomic E-state index is 13.4. The van der Waals surface area contributed by atoms with E-state index in [-0.39, 0.29) is 5.69 Å². The maximum Gasteiger partial charge on any atom is 0.407 e. The average Bonchev–Trinajstić information content (AvgIpc) is 2.67. The predicted molar refractivity (Wildman–Crippen MR) is 96.8 cm³/mol. The first kappa shape index (κ1) is 18.1. The van der Waals surface area contributed by atoms with Crippen LogP contribution in [0.15, 0.2) is 76.6 Å². The second kappa shape index (κ2) is 7.30. The van der Waals surface area contributed by atoms with Gasteiger partial charge in [-0.05, 0) is 11.6 Å². The lowest BCUT2D eigenvalue weighted by Crippen LogP contribution is -2.22. The summed E-state index contributed by atoms with van der Waals surface area (Å²) < 4.78 is 40.9. The van der Waals surface area contributed by atoms with E-state index in [1.807, 2.05) is 0 Å². The molecule has 4 nitrogen and oxygen atoms in total. The van der Waals surface area contributed by atoms with Gasteiger partial charge in [-0.1, -0.05) is 60.7 Å². The molecule has 2 aromatic carbocycles. The third kappa shape index (κ3) is 3.80. The van der Waals surface area contributed by atoms with Crippen LogP contribution in [0.1, 0.15) is 11.1 Å². The van der Waals surface area contributed by atoms with Gasteiger partial charge < -0.3 is 0 Å². The third-order valence-corrected chi connectivity index (χ3v) is 3.77. The third-order valence-electron chi connectivity index (χ3n) is 3.77. The Kier molecular flexibility index (Phi) is 4.90. The van der Waals surface area contributed by atoms with Crippen molar-refractivity contribution in [3.8, 4) is 11.3 Å². The van der Waals surface area contributed by atoms with Gasteiger partial charge in [0.1, 0.15) is 0 Å². The molecule has 134 valence electrons. The monoisotopic (exact) mass is 367 g/mol. The number of aromatic nitrogens is 1. The van der Waals surface area contributed by atoms with Crippen LogP contribution in [0.4, 0.5) is 18.9 Å².